The van der Waals surface area contributed by atoms with Gasteiger partial charge >= 0.3 is 0 Å². The highest BCUT2D eigenvalue weighted by atomic mass is 16.5. The largest absolute Gasteiger partial charge is 0.496 e. The Morgan fingerprint density at radius 1 is 1.27 bits per heavy atom. The highest BCUT2D eigenvalue weighted by Crippen LogP contribution is 2.26. The van der Waals surface area contributed by atoms with Crippen LogP contribution in [0.1, 0.15) is 19.0 Å². The molecule has 0 radical (unpaired) electrons. The molecule has 22 heavy (non-hydrogen) atoms. The lowest BCUT2D eigenvalue weighted by Crippen LogP contribution is -2.29. The second-order valence-electron chi connectivity index (χ2n) is 5.21. The fraction of sp³-hybridized carbons (Fsp3) is 0.412. The third-order valence-electron chi connectivity index (χ3n) is 3.40. The summed E-state index contributed by atoms with van der Waals surface area (Å²) in [5, 5.41) is 12.2. The van der Waals surface area contributed by atoms with Gasteiger partial charge in [0.05, 0.1) is 12.7 Å². The topological polar surface area (TPSA) is 67.3 Å². The summed E-state index contributed by atoms with van der Waals surface area (Å²) in [5.74, 6) is 1.45. The summed E-state index contributed by atoms with van der Waals surface area (Å²) in [6.45, 7) is 3.13. The van der Waals surface area contributed by atoms with Crippen molar-refractivity contribution < 1.29 is 9.84 Å². The summed E-state index contributed by atoms with van der Waals surface area (Å²) in [6.07, 6.45) is 3.36. The van der Waals surface area contributed by atoms with Crippen LogP contribution in [-0.2, 0) is 6.42 Å². The molecule has 0 bridgehead atoms. The Balaban J connectivity index is 2.10. The van der Waals surface area contributed by atoms with E-state index in [1.54, 1.807) is 13.3 Å². The van der Waals surface area contributed by atoms with Crippen molar-refractivity contribution in [3.63, 3.8) is 0 Å². The van der Waals surface area contributed by atoms with Crippen LogP contribution in [0.2, 0.25) is 0 Å². The van der Waals surface area contributed by atoms with Crippen molar-refractivity contribution in [1.29, 1.82) is 0 Å². The van der Waals surface area contributed by atoms with Gasteiger partial charge in [-0.3, -0.25) is 0 Å². The number of methoxy groups -OCH3 is 1. The molecule has 0 saturated heterocycles. The number of aliphatic hydroxyl groups is 1. The van der Waals surface area contributed by atoms with Crippen LogP contribution >= 0.6 is 0 Å². The van der Waals surface area contributed by atoms with Gasteiger partial charge in [0, 0.05) is 31.0 Å². The van der Waals surface area contributed by atoms with E-state index in [2.05, 4.69) is 22.2 Å². The Morgan fingerprint density at radius 3 is 2.86 bits per heavy atom. The van der Waals surface area contributed by atoms with Gasteiger partial charge in [0.25, 0.3) is 0 Å². The standard InChI is InChI=1S/C17H23N3O2/c1-13(18-9-5-11-21)12-14-8-10-19-17(20-14)15-6-3-4-7-16(15)22-2/h3-4,6-8,10,13,18,21H,5,9,11-12H2,1-2H3. The van der Waals surface area contributed by atoms with E-state index in [4.69, 9.17) is 9.84 Å². The minimum Gasteiger partial charge on any atom is -0.496 e. The number of para-hydroxylation sites is 1. The normalized spacial score (nSPS) is 12.1. The molecule has 2 rings (SSSR count). The molecule has 0 saturated carbocycles. The smallest absolute Gasteiger partial charge is 0.163 e. The predicted octanol–water partition coefficient (Wildman–Crippen LogP) is 2.06. The average Bonchev–Trinajstić information content (AvgIpc) is 2.55. The van der Waals surface area contributed by atoms with Crippen molar-refractivity contribution in [3.05, 3.63) is 42.2 Å². The maximum Gasteiger partial charge on any atom is 0.163 e. The molecule has 5 heteroatoms. The summed E-state index contributed by atoms with van der Waals surface area (Å²) >= 11 is 0. The summed E-state index contributed by atoms with van der Waals surface area (Å²) in [6, 6.07) is 9.98. The first kappa shape index (κ1) is 16.4. The average molecular weight is 301 g/mol. The third kappa shape index (κ3) is 4.51. The highest BCUT2D eigenvalue weighted by molar-refractivity contribution is 5.63. The van der Waals surface area contributed by atoms with Crippen molar-refractivity contribution >= 4 is 0 Å². The second kappa shape index (κ2) is 8.46. The Labute approximate surface area is 131 Å². The van der Waals surface area contributed by atoms with Crippen molar-refractivity contribution in [2.45, 2.75) is 25.8 Å². The van der Waals surface area contributed by atoms with E-state index >= 15 is 0 Å². The number of aliphatic hydroxyl groups excluding tert-OH is 1. The number of ether oxygens (including phenoxy) is 1. The van der Waals surface area contributed by atoms with E-state index in [1.165, 1.54) is 0 Å². The summed E-state index contributed by atoms with van der Waals surface area (Å²) in [7, 11) is 1.65. The Morgan fingerprint density at radius 2 is 2.09 bits per heavy atom. The zero-order valence-electron chi connectivity index (χ0n) is 13.1. The summed E-state index contributed by atoms with van der Waals surface area (Å²) in [4.78, 5) is 9.00. The summed E-state index contributed by atoms with van der Waals surface area (Å²) < 4.78 is 5.37. The van der Waals surface area contributed by atoms with E-state index in [0.29, 0.717) is 11.9 Å². The molecule has 118 valence electrons. The zero-order chi connectivity index (χ0) is 15.8. The van der Waals surface area contributed by atoms with E-state index in [1.807, 2.05) is 30.3 Å². The molecule has 1 aromatic carbocycles. The van der Waals surface area contributed by atoms with Gasteiger partial charge in [0.2, 0.25) is 0 Å². The van der Waals surface area contributed by atoms with Crippen LogP contribution < -0.4 is 10.1 Å². The molecule has 0 aliphatic heterocycles. The minimum absolute atomic E-state index is 0.213. The molecule has 1 unspecified atom stereocenters. The first-order chi connectivity index (χ1) is 10.7. The van der Waals surface area contributed by atoms with Gasteiger partial charge in [-0.15, -0.1) is 0 Å². The Hall–Kier alpha value is -1.98. The number of aromatic nitrogens is 2. The zero-order valence-corrected chi connectivity index (χ0v) is 13.1. The fourth-order valence-electron chi connectivity index (χ4n) is 2.28. The Bertz CT molecular complexity index is 590. The molecule has 0 amide bonds. The highest BCUT2D eigenvalue weighted by Gasteiger charge is 2.10. The summed E-state index contributed by atoms with van der Waals surface area (Å²) in [5.41, 5.74) is 1.88. The van der Waals surface area contributed by atoms with E-state index in [0.717, 1.165) is 36.4 Å². The molecule has 0 aliphatic carbocycles. The first-order valence-electron chi connectivity index (χ1n) is 7.54. The van der Waals surface area contributed by atoms with Gasteiger partial charge in [0.1, 0.15) is 5.75 Å². The lowest BCUT2D eigenvalue weighted by Gasteiger charge is -2.13. The molecule has 0 spiro atoms. The molecular weight excluding hydrogens is 278 g/mol. The van der Waals surface area contributed by atoms with Gasteiger partial charge in [-0.05, 0) is 38.1 Å². The molecule has 0 aliphatic rings. The van der Waals surface area contributed by atoms with Gasteiger partial charge in [-0.2, -0.15) is 0 Å². The maximum absolute atomic E-state index is 8.81. The Kier molecular flexibility index (Phi) is 6.30. The van der Waals surface area contributed by atoms with Crippen LogP contribution in [-0.4, -0.2) is 41.4 Å². The molecule has 2 aromatic rings. The van der Waals surface area contributed by atoms with Crippen LogP contribution in [0.3, 0.4) is 0 Å². The van der Waals surface area contributed by atoms with Crippen molar-refractivity contribution in [1.82, 2.24) is 15.3 Å². The van der Waals surface area contributed by atoms with Crippen molar-refractivity contribution in [3.8, 4) is 17.1 Å². The predicted molar refractivity (Wildman–Crippen MR) is 86.9 cm³/mol. The fourth-order valence-corrected chi connectivity index (χ4v) is 2.28. The molecule has 1 heterocycles. The van der Waals surface area contributed by atoms with E-state index in [-0.39, 0.29) is 6.61 Å². The van der Waals surface area contributed by atoms with Crippen LogP contribution in [0, 0.1) is 0 Å². The third-order valence-corrected chi connectivity index (χ3v) is 3.40. The van der Waals surface area contributed by atoms with Gasteiger partial charge in [0.15, 0.2) is 5.82 Å². The van der Waals surface area contributed by atoms with E-state index < -0.39 is 0 Å². The lowest BCUT2D eigenvalue weighted by atomic mass is 10.1. The van der Waals surface area contributed by atoms with Crippen molar-refractivity contribution in [2.24, 2.45) is 0 Å². The van der Waals surface area contributed by atoms with Crippen LogP contribution in [0.5, 0.6) is 5.75 Å². The number of hydrogen-bond acceptors (Lipinski definition) is 5. The molecule has 2 N–H and O–H groups in total. The maximum atomic E-state index is 8.81. The first-order valence-corrected chi connectivity index (χ1v) is 7.54. The van der Waals surface area contributed by atoms with Gasteiger partial charge in [-0.25, -0.2) is 9.97 Å². The van der Waals surface area contributed by atoms with E-state index in [9.17, 15) is 0 Å². The SMILES string of the molecule is COc1ccccc1-c1nccc(CC(C)NCCCO)n1. The number of hydrogen-bond donors (Lipinski definition) is 2. The van der Waals surface area contributed by atoms with Crippen molar-refractivity contribution in [2.75, 3.05) is 20.3 Å². The molecule has 1 aromatic heterocycles. The number of rotatable bonds is 8. The van der Waals surface area contributed by atoms with Crippen LogP contribution in [0.4, 0.5) is 0 Å². The van der Waals surface area contributed by atoms with Crippen LogP contribution in [0.25, 0.3) is 11.4 Å². The lowest BCUT2D eigenvalue weighted by molar-refractivity contribution is 0.283. The molecule has 0 fully saturated rings. The molecule has 1 atom stereocenters. The monoisotopic (exact) mass is 301 g/mol. The van der Waals surface area contributed by atoms with Crippen LogP contribution in [0.15, 0.2) is 36.5 Å². The molecular formula is C17H23N3O2. The number of nitrogens with one attached hydrogen (secondary N) is 1. The van der Waals surface area contributed by atoms with Gasteiger partial charge < -0.3 is 15.2 Å². The van der Waals surface area contributed by atoms with Gasteiger partial charge in [-0.1, -0.05) is 12.1 Å². The molecule has 5 nitrogen and oxygen atoms in total. The number of nitrogens with zero attached hydrogens (tertiary/aromatic N) is 2. The second-order valence-corrected chi connectivity index (χ2v) is 5.21. The number of benzene rings is 1. The quantitative estimate of drug-likeness (QED) is 0.731. The minimum atomic E-state index is 0.213.